The van der Waals surface area contributed by atoms with Crippen molar-refractivity contribution in [1.29, 1.82) is 0 Å². The van der Waals surface area contributed by atoms with Crippen molar-refractivity contribution in [3.05, 3.63) is 58.3 Å². The first kappa shape index (κ1) is 15.6. The molecular formula is C19H21ClN4. The average Bonchev–Trinajstić information content (AvgIpc) is 2.87. The van der Waals surface area contributed by atoms with E-state index in [0.717, 1.165) is 43.3 Å². The molecule has 0 unspecified atom stereocenters. The normalized spacial score (nSPS) is 15.0. The molecule has 0 bridgehead atoms. The summed E-state index contributed by atoms with van der Waals surface area (Å²) in [6, 6.07) is 6.26. The number of hydrogen-bond donors (Lipinski definition) is 0. The quantitative estimate of drug-likeness (QED) is 0.730. The molecule has 24 heavy (non-hydrogen) atoms. The maximum Gasteiger partial charge on any atom is 0.125 e. The van der Waals surface area contributed by atoms with E-state index in [4.69, 9.17) is 11.6 Å². The van der Waals surface area contributed by atoms with E-state index in [9.17, 15) is 0 Å². The highest BCUT2D eigenvalue weighted by Crippen LogP contribution is 2.32. The van der Waals surface area contributed by atoms with Crippen molar-refractivity contribution >= 4 is 22.5 Å². The molecule has 0 saturated carbocycles. The summed E-state index contributed by atoms with van der Waals surface area (Å²) in [4.78, 5) is 11.0. The number of benzene rings is 1. The minimum Gasteiger partial charge on any atom is -0.344 e. The van der Waals surface area contributed by atoms with Crippen molar-refractivity contribution in [3.8, 4) is 0 Å². The summed E-state index contributed by atoms with van der Waals surface area (Å²) in [5.41, 5.74) is 5.35. The number of aromatic nitrogens is 3. The zero-order valence-corrected chi connectivity index (χ0v) is 14.8. The van der Waals surface area contributed by atoms with Crippen molar-refractivity contribution in [2.75, 3.05) is 13.6 Å². The van der Waals surface area contributed by atoms with Crippen LogP contribution in [0.1, 0.15) is 22.6 Å². The lowest BCUT2D eigenvalue weighted by Crippen LogP contribution is -2.27. The smallest absolute Gasteiger partial charge is 0.125 e. The summed E-state index contributed by atoms with van der Waals surface area (Å²) < 4.78 is 2.47. The van der Waals surface area contributed by atoms with E-state index in [0.29, 0.717) is 0 Å². The van der Waals surface area contributed by atoms with Crippen molar-refractivity contribution in [2.45, 2.75) is 32.9 Å². The molecule has 1 aromatic carbocycles. The van der Waals surface area contributed by atoms with Gasteiger partial charge in [0.2, 0.25) is 0 Å². The van der Waals surface area contributed by atoms with Crippen LogP contribution in [-0.4, -0.2) is 33.0 Å². The Morgan fingerprint density at radius 1 is 1.21 bits per heavy atom. The summed E-state index contributed by atoms with van der Waals surface area (Å²) >= 11 is 6.26. The van der Waals surface area contributed by atoms with E-state index < -0.39 is 0 Å². The summed E-state index contributed by atoms with van der Waals surface area (Å²) in [6.07, 6.45) is 5.90. The van der Waals surface area contributed by atoms with Gasteiger partial charge in [0.1, 0.15) is 5.82 Å². The first-order valence-electron chi connectivity index (χ1n) is 8.37. The molecule has 0 saturated heterocycles. The molecule has 0 radical (unpaired) electrons. The fraction of sp³-hybridized carbons (Fsp3) is 0.368. The summed E-state index contributed by atoms with van der Waals surface area (Å²) in [6.45, 7) is 4.96. The number of aryl methyl sites for hydroxylation is 3. The van der Waals surface area contributed by atoms with E-state index in [1.54, 1.807) is 0 Å². The highest BCUT2D eigenvalue weighted by molar-refractivity contribution is 6.31. The Morgan fingerprint density at radius 3 is 2.79 bits per heavy atom. The summed E-state index contributed by atoms with van der Waals surface area (Å²) in [7, 11) is 2.18. The molecule has 0 atom stereocenters. The monoisotopic (exact) mass is 340 g/mol. The van der Waals surface area contributed by atoms with Gasteiger partial charge in [-0.15, -0.1) is 0 Å². The largest absolute Gasteiger partial charge is 0.344 e. The zero-order valence-electron chi connectivity index (χ0n) is 14.1. The van der Waals surface area contributed by atoms with Crippen molar-refractivity contribution in [3.63, 3.8) is 0 Å². The van der Waals surface area contributed by atoms with Gasteiger partial charge in [-0.3, -0.25) is 0 Å². The number of nitrogens with zero attached hydrogens (tertiary/aromatic N) is 4. The minimum absolute atomic E-state index is 0.808. The lowest BCUT2D eigenvalue weighted by atomic mass is 10.1. The molecule has 0 amide bonds. The van der Waals surface area contributed by atoms with Crippen LogP contribution in [-0.2, 0) is 25.9 Å². The minimum atomic E-state index is 0.808. The second-order valence-electron chi connectivity index (χ2n) is 6.61. The van der Waals surface area contributed by atoms with Crippen LogP contribution in [0.5, 0.6) is 0 Å². The third-order valence-corrected chi connectivity index (χ3v) is 5.10. The van der Waals surface area contributed by atoms with Gasteiger partial charge in [0.05, 0.1) is 0 Å². The Morgan fingerprint density at radius 2 is 2.00 bits per heavy atom. The van der Waals surface area contributed by atoms with Crippen molar-refractivity contribution in [2.24, 2.45) is 0 Å². The molecule has 124 valence electrons. The first-order chi connectivity index (χ1) is 11.6. The molecule has 1 aliphatic rings. The van der Waals surface area contributed by atoms with Gasteiger partial charge in [-0.2, -0.15) is 0 Å². The molecule has 4 rings (SSSR count). The van der Waals surface area contributed by atoms with Crippen LogP contribution < -0.4 is 0 Å². The average molecular weight is 341 g/mol. The third kappa shape index (κ3) is 2.80. The van der Waals surface area contributed by atoms with E-state index >= 15 is 0 Å². The molecule has 4 nitrogen and oxygen atoms in total. The molecule has 2 aromatic heterocycles. The van der Waals surface area contributed by atoms with Crippen molar-refractivity contribution < 1.29 is 0 Å². The van der Waals surface area contributed by atoms with Crippen LogP contribution in [0.3, 0.4) is 0 Å². The predicted octanol–water partition coefficient (Wildman–Crippen LogP) is 3.62. The van der Waals surface area contributed by atoms with Crippen LogP contribution in [0.4, 0.5) is 0 Å². The van der Waals surface area contributed by atoms with Crippen LogP contribution >= 0.6 is 11.6 Å². The summed E-state index contributed by atoms with van der Waals surface area (Å²) in [5, 5.41) is 2.10. The third-order valence-electron chi connectivity index (χ3n) is 4.87. The SMILES string of the molecule is Cc1ncc(CCn2c3c(c4cc(Cl)ccc42)CN(C)CC3)cn1. The zero-order chi connectivity index (χ0) is 16.7. The fourth-order valence-corrected chi connectivity index (χ4v) is 3.77. The van der Waals surface area contributed by atoms with Gasteiger partial charge >= 0.3 is 0 Å². The van der Waals surface area contributed by atoms with E-state index in [1.807, 2.05) is 25.4 Å². The second-order valence-corrected chi connectivity index (χ2v) is 7.05. The maximum atomic E-state index is 6.26. The van der Waals surface area contributed by atoms with Gasteiger partial charge in [0, 0.05) is 60.1 Å². The van der Waals surface area contributed by atoms with E-state index in [1.165, 1.54) is 27.7 Å². The van der Waals surface area contributed by atoms with Gasteiger partial charge in [0.25, 0.3) is 0 Å². The number of likely N-dealkylation sites (N-methyl/N-ethyl adjacent to an activating group) is 1. The second kappa shape index (κ2) is 6.19. The molecule has 5 heteroatoms. The van der Waals surface area contributed by atoms with E-state index in [2.05, 4.69) is 38.6 Å². The topological polar surface area (TPSA) is 34.0 Å². The standard InChI is InChI=1S/C19H21ClN4/c1-13-21-10-14(11-22-13)5-8-24-18-4-3-15(20)9-16(18)17-12-23(2)7-6-19(17)24/h3-4,9-11H,5-8,12H2,1-2H3. The van der Waals surface area contributed by atoms with Crippen LogP contribution in [0.25, 0.3) is 10.9 Å². The Hall–Kier alpha value is -1.91. The molecular weight excluding hydrogens is 320 g/mol. The number of rotatable bonds is 3. The molecule has 0 spiro atoms. The van der Waals surface area contributed by atoms with Crippen LogP contribution in [0.15, 0.2) is 30.6 Å². The molecule has 1 aliphatic heterocycles. The van der Waals surface area contributed by atoms with Gasteiger partial charge in [-0.1, -0.05) is 11.6 Å². The first-order valence-corrected chi connectivity index (χ1v) is 8.75. The lowest BCUT2D eigenvalue weighted by Gasteiger charge is -2.24. The van der Waals surface area contributed by atoms with Gasteiger partial charge < -0.3 is 9.47 Å². The van der Waals surface area contributed by atoms with Gasteiger partial charge in [-0.25, -0.2) is 9.97 Å². The fourth-order valence-electron chi connectivity index (χ4n) is 3.60. The highest BCUT2D eigenvalue weighted by atomic mass is 35.5. The van der Waals surface area contributed by atoms with Gasteiger partial charge in [0.15, 0.2) is 0 Å². The maximum absolute atomic E-state index is 6.26. The van der Waals surface area contributed by atoms with E-state index in [-0.39, 0.29) is 0 Å². The Balaban J connectivity index is 1.73. The number of hydrogen-bond acceptors (Lipinski definition) is 3. The molecule has 0 aliphatic carbocycles. The predicted molar refractivity (Wildman–Crippen MR) is 97.5 cm³/mol. The molecule has 0 fully saturated rings. The summed E-state index contributed by atoms with van der Waals surface area (Å²) in [5.74, 6) is 0.820. The van der Waals surface area contributed by atoms with Crippen LogP contribution in [0, 0.1) is 6.92 Å². The Bertz CT molecular complexity index is 883. The Kier molecular flexibility index (Phi) is 4.02. The molecule has 3 heterocycles. The van der Waals surface area contributed by atoms with Crippen molar-refractivity contribution in [1.82, 2.24) is 19.4 Å². The highest BCUT2D eigenvalue weighted by Gasteiger charge is 2.22. The Labute approximate surface area is 147 Å². The van der Waals surface area contributed by atoms with Gasteiger partial charge in [-0.05, 0) is 49.7 Å². The molecule has 3 aromatic rings. The lowest BCUT2D eigenvalue weighted by molar-refractivity contribution is 0.309. The molecule has 0 N–H and O–H groups in total. The number of fused-ring (bicyclic) bond motifs is 3. The van der Waals surface area contributed by atoms with Crippen LogP contribution in [0.2, 0.25) is 5.02 Å². The number of halogens is 1.